The van der Waals surface area contributed by atoms with Crippen LogP contribution in [0.3, 0.4) is 0 Å². The molecular weight excluding hydrogens is 274 g/mol. The van der Waals surface area contributed by atoms with Crippen molar-refractivity contribution in [2.24, 2.45) is 0 Å². The van der Waals surface area contributed by atoms with Crippen LogP contribution < -0.4 is 0 Å². The number of carbonyl (C=O) groups is 1. The van der Waals surface area contributed by atoms with Gasteiger partial charge in [0, 0.05) is 5.56 Å². The summed E-state index contributed by atoms with van der Waals surface area (Å²) in [5, 5.41) is 0.0408. The number of aryl methyl sites for hydroxylation is 1. The Labute approximate surface area is 119 Å². The largest absolute Gasteiger partial charge is 0.281 e. The van der Waals surface area contributed by atoms with Gasteiger partial charge in [0.1, 0.15) is 0 Å². The van der Waals surface area contributed by atoms with Crippen LogP contribution in [0.5, 0.6) is 0 Å². The van der Waals surface area contributed by atoms with E-state index in [1.165, 1.54) is 11.8 Å². The van der Waals surface area contributed by atoms with Crippen LogP contribution >= 0.6 is 23.1 Å². The van der Waals surface area contributed by atoms with Crippen molar-refractivity contribution in [1.29, 1.82) is 0 Å². The number of para-hydroxylation sites is 1. The first-order chi connectivity index (χ1) is 9.22. The van der Waals surface area contributed by atoms with Crippen LogP contribution in [0, 0.1) is 6.92 Å². The van der Waals surface area contributed by atoms with Crippen molar-refractivity contribution in [2.75, 3.05) is 0 Å². The van der Waals surface area contributed by atoms with Crippen LogP contribution in [-0.2, 0) is 0 Å². The minimum absolute atomic E-state index is 0.0408. The summed E-state index contributed by atoms with van der Waals surface area (Å²) in [5.74, 6) is 0. The summed E-state index contributed by atoms with van der Waals surface area (Å²) in [4.78, 5) is 16.6. The number of thioether (sulfide) groups is 1. The Morgan fingerprint density at radius 1 is 1.11 bits per heavy atom. The van der Waals surface area contributed by atoms with Gasteiger partial charge in [0.05, 0.1) is 10.2 Å². The van der Waals surface area contributed by atoms with Crippen molar-refractivity contribution in [2.45, 2.75) is 11.3 Å². The minimum Gasteiger partial charge on any atom is -0.281 e. The van der Waals surface area contributed by atoms with Gasteiger partial charge in [0.25, 0.3) is 0 Å². The number of aromatic nitrogens is 1. The molecule has 0 radical (unpaired) electrons. The van der Waals surface area contributed by atoms with Crippen molar-refractivity contribution in [3.63, 3.8) is 0 Å². The van der Waals surface area contributed by atoms with Crippen LogP contribution in [0.1, 0.15) is 15.9 Å². The van der Waals surface area contributed by atoms with Crippen molar-refractivity contribution >= 4 is 38.4 Å². The van der Waals surface area contributed by atoms with E-state index in [2.05, 4.69) is 4.98 Å². The summed E-state index contributed by atoms with van der Waals surface area (Å²) >= 11 is 2.75. The van der Waals surface area contributed by atoms with Crippen LogP contribution in [0.4, 0.5) is 0 Å². The Bertz CT molecular complexity index is 698. The molecule has 0 atom stereocenters. The monoisotopic (exact) mass is 285 g/mol. The van der Waals surface area contributed by atoms with Crippen LogP contribution in [0.25, 0.3) is 10.2 Å². The van der Waals surface area contributed by atoms with Gasteiger partial charge in [-0.15, -0.1) is 11.3 Å². The number of thiazole rings is 1. The highest BCUT2D eigenvalue weighted by Crippen LogP contribution is 2.31. The standard InChI is InChI=1S/C15H11NOS2/c1-10-6-8-11(9-7-10)14(17)19-15-16-12-4-2-3-5-13(12)18-15/h2-9H,1H3. The summed E-state index contributed by atoms with van der Waals surface area (Å²) in [7, 11) is 0. The van der Waals surface area contributed by atoms with E-state index in [1.54, 1.807) is 11.3 Å². The fraction of sp³-hybridized carbons (Fsp3) is 0.0667. The first-order valence-corrected chi connectivity index (χ1v) is 7.50. The highest BCUT2D eigenvalue weighted by Gasteiger charge is 2.11. The molecule has 0 saturated heterocycles. The predicted octanol–water partition coefficient (Wildman–Crippen LogP) is 4.54. The number of benzene rings is 2. The highest BCUT2D eigenvalue weighted by atomic mass is 32.2. The molecule has 0 saturated carbocycles. The Kier molecular flexibility index (Phi) is 3.36. The zero-order chi connectivity index (χ0) is 13.2. The second-order valence-electron chi connectivity index (χ2n) is 4.20. The molecule has 2 aromatic carbocycles. The molecule has 0 unspecified atom stereocenters. The van der Waals surface area contributed by atoms with E-state index in [4.69, 9.17) is 0 Å². The lowest BCUT2D eigenvalue weighted by Gasteiger charge is -1.98. The summed E-state index contributed by atoms with van der Waals surface area (Å²) in [5.41, 5.74) is 2.82. The fourth-order valence-electron chi connectivity index (χ4n) is 1.72. The fourth-order valence-corrected chi connectivity index (χ4v) is 3.64. The average molecular weight is 285 g/mol. The van der Waals surface area contributed by atoms with Gasteiger partial charge < -0.3 is 0 Å². The molecule has 0 aliphatic rings. The number of carbonyl (C=O) groups excluding carboxylic acids is 1. The third kappa shape index (κ3) is 2.69. The molecule has 0 spiro atoms. The molecule has 19 heavy (non-hydrogen) atoms. The van der Waals surface area contributed by atoms with Gasteiger partial charge in [-0.3, -0.25) is 4.79 Å². The molecule has 0 amide bonds. The van der Waals surface area contributed by atoms with Crippen molar-refractivity contribution in [1.82, 2.24) is 4.98 Å². The lowest BCUT2D eigenvalue weighted by Crippen LogP contribution is -1.92. The molecule has 0 N–H and O–H groups in total. The number of fused-ring (bicyclic) bond motifs is 1. The summed E-state index contributed by atoms with van der Waals surface area (Å²) in [6.07, 6.45) is 0. The Morgan fingerprint density at radius 3 is 2.58 bits per heavy atom. The number of nitrogens with zero attached hydrogens (tertiary/aromatic N) is 1. The zero-order valence-electron chi connectivity index (χ0n) is 10.3. The molecule has 0 aliphatic carbocycles. The van der Waals surface area contributed by atoms with Crippen LogP contribution in [-0.4, -0.2) is 10.1 Å². The molecule has 1 heterocycles. The molecule has 3 rings (SSSR count). The van der Waals surface area contributed by atoms with Crippen molar-refractivity contribution < 1.29 is 4.79 Å². The zero-order valence-corrected chi connectivity index (χ0v) is 11.9. The minimum atomic E-state index is 0.0408. The van der Waals surface area contributed by atoms with Crippen LogP contribution in [0.2, 0.25) is 0 Å². The number of hydrogen-bond acceptors (Lipinski definition) is 4. The normalized spacial score (nSPS) is 10.8. The van der Waals surface area contributed by atoms with Gasteiger partial charge in [0.2, 0.25) is 5.12 Å². The second kappa shape index (κ2) is 5.15. The van der Waals surface area contributed by atoms with Gasteiger partial charge in [0.15, 0.2) is 4.34 Å². The molecule has 1 aromatic heterocycles. The quantitative estimate of drug-likeness (QED) is 0.648. The van der Waals surface area contributed by atoms with E-state index in [0.717, 1.165) is 25.7 Å². The van der Waals surface area contributed by atoms with E-state index in [0.29, 0.717) is 0 Å². The smallest absolute Gasteiger partial charge is 0.226 e. The molecule has 2 nitrogen and oxygen atoms in total. The third-order valence-electron chi connectivity index (χ3n) is 2.74. The summed E-state index contributed by atoms with van der Waals surface area (Å²) < 4.78 is 1.91. The van der Waals surface area contributed by atoms with E-state index >= 15 is 0 Å². The molecule has 3 aromatic rings. The predicted molar refractivity (Wildman–Crippen MR) is 81.0 cm³/mol. The molecule has 0 bridgehead atoms. The lowest BCUT2D eigenvalue weighted by atomic mass is 10.2. The first-order valence-electron chi connectivity index (χ1n) is 5.87. The number of rotatable bonds is 2. The van der Waals surface area contributed by atoms with Crippen molar-refractivity contribution in [3.05, 3.63) is 59.7 Å². The maximum absolute atomic E-state index is 12.1. The van der Waals surface area contributed by atoms with Gasteiger partial charge in [-0.05, 0) is 30.8 Å². The van der Waals surface area contributed by atoms with Gasteiger partial charge in [-0.25, -0.2) is 4.98 Å². The average Bonchev–Trinajstić information content (AvgIpc) is 2.81. The van der Waals surface area contributed by atoms with E-state index < -0.39 is 0 Å². The van der Waals surface area contributed by atoms with E-state index in [-0.39, 0.29) is 5.12 Å². The summed E-state index contributed by atoms with van der Waals surface area (Å²) in [6.45, 7) is 2.01. The van der Waals surface area contributed by atoms with Gasteiger partial charge in [-0.1, -0.05) is 42.0 Å². The lowest BCUT2D eigenvalue weighted by molar-refractivity contribution is 0.108. The highest BCUT2D eigenvalue weighted by molar-refractivity contribution is 8.15. The SMILES string of the molecule is Cc1ccc(C(=O)Sc2nc3ccccc3s2)cc1. The van der Waals surface area contributed by atoms with Gasteiger partial charge in [-0.2, -0.15) is 0 Å². The molecule has 0 aliphatic heterocycles. The molecule has 94 valence electrons. The topological polar surface area (TPSA) is 30.0 Å². The second-order valence-corrected chi connectivity index (χ2v) is 6.45. The van der Waals surface area contributed by atoms with E-state index in [1.807, 2.05) is 55.5 Å². The van der Waals surface area contributed by atoms with Crippen molar-refractivity contribution in [3.8, 4) is 0 Å². The third-order valence-corrected chi connectivity index (χ3v) is 4.76. The number of hydrogen-bond donors (Lipinski definition) is 0. The molecule has 0 fully saturated rings. The molecular formula is C15H11NOS2. The van der Waals surface area contributed by atoms with Crippen LogP contribution in [0.15, 0.2) is 52.9 Å². The maximum atomic E-state index is 12.1. The Hall–Kier alpha value is -1.65. The van der Waals surface area contributed by atoms with E-state index in [9.17, 15) is 4.79 Å². The Balaban J connectivity index is 1.84. The maximum Gasteiger partial charge on any atom is 0.226 e. The summed E-state index contributed by atoms with van der Waals surface area (Å²) in [6, 6.07) is 15.5. The van der Waals surface area contributed by atoms with Gasteiger partial charge >= 0.3 is 0 Å². The Morgan fingerprint density at radius 2 is 1.84 bits per heavy atom. The first kappa shape index (κ1) is 12.4. The molecule has 4 heteroatoms.